The zero-order valence-corrected chi connectivity index (χ0v) is 12.0. The van der Waals surface area contributed by atoms with Gasteiger partial charge in [0.2, 0.25) is 0 Å². The van der Waals surface area contributed by atoms with Gasteiger partial charge in [-0.05, 0) is 23.6 Å². The minimum atomic E-state index is -0.189. The smallest absolute Gasteiger partial charge is 0.194 e. The molecule has 0 aliphatic rings. The lowest BCUT2D eigenvalue weighted by Crippen LogP contribution is -1.89. The Balaban J connectivity index is 0.000000192. The van der Waals surface area contributed by atoms with Crippen LogP contribution >= 0.6 is 11.3 Å². The number of aryl methyl sites for hydroxylation is 1. The minimum Gasteiger partial charge on any atom is -0.321 e. The molecule has 3 rings (SSSR count). The lowest BCUT2D eigenvalue weighted by atomic mass is 10.2. The summed E-state index contributed by atoms with van der Waals surface area (Å²) in [5, 5.41) is 2.54. The second-order valence-electron chi connectivity index (χ2n) is 3.50. The number of para-hydroxylation sites is 1. The molecule has 0 saturated carbocycles. The maximum atomic E-state index is 12.9. The zero-order chi connectivity index (χ0) is 14.3. The molecule has 0 unspecified atom stereocenters. The van der Waals surface area contributed by atoms with E-state index in [1.165, 1.54) is 16.7 Å². The van der Waals surface area contributed by atoms with E-state index >= 15 is 0 Å². The molecule has 4 heteroatoms. The molecule has 1 aromatic carbocycles. The molecular weight excluding hydrogens is 264 g/mol. The second kappa shape index (κ2) is 7.69. The average molecular weight is 281 g/mol. The van der Waals surface area contributed by atoms with Crippen LogP contribution in [0.15, 0.2) is 47.8 Å². The summed E-state index contributed by atoms with van der Waals surface area (Å²) in [6, 6.07) is 12.3. The van der Waals surface area contributed by atoms with Crippen LogP contribution in [0.1, 0.15) is 13.8 Å². The molecule has 0 aliphatic carbocycles. The first kappa shape index (κ1) is 15.4. The largest absolute Gasteiger partial charge is 0.321 e. The van der Waals surface area contributed by atoms with Gasteiger partial charge in [-0.1, -0.05) is 32.0 Å². The van der Waals surface area contributed by atoms with E-state index in [-0.39, 0.29) is 11.1 Å². The van der Waals surface area contributed by atoms with Crippen LogP contribution in [0, 0.1) is 11.1 Å². The summed E-state index contributed by atoms with van der Waals surface area (Å²) < 4.78 is 26.1. The fourth-order valence-electron chi connectivity index (χ4n) is 1.51. The normalized spacial score (nSPS) is 9.32. The molecule has 0 fully saturated rings. The van der Waals surface area contributed by atoms with Crippen LogP contribution in [0.3, 0.4) is 0 Å². The number of hydrogen-bond acceptors (Lipinski definition) is 1. The highest BCUT2D eigenvalue weighted by molar-refractivity contribution is 7.08. The number of rotatable bonds is 0. The van der Waals surface area contributed by atoms with Crippen molar-refractivity contribution in [2.75, 3.05) is 0 Å². The Morgan fingerprint density at radius 3 is 2.16 bits per heavy atom. The van der Waals surface area contributed by atoms with Crippen molar-refractivity contribution < 1.29 is 8.78 Å². The topological polar surface area (TPSA) is 4.93 Å². The van der Waals surface area contributed by atoms with E-state index in [1.807, 2.05) is 38.1 Å². The monoisotopic (exact) mass is 281 g/mol. The summed E-state index contributed by atoms with van der Waals surface area (Å²) in [7, 11) is 1.72. The summed E-state index contributed by atoms with van der Waals surface area (Å²) in [5.41, 5.74) is 0.935. The molecular formula is C15H17F2NS. The van der Waals surface area contributed by atoms with E-state index in [9.17, 15) is 8.78 Å². The summed E-state index contributed by atoms with van der Waals surface area (Å²) in [5.74, 6) is -0.189. The van der Waals surface area contributed by atoms with Gasteiger partial charge in [0, 0.05) is 18.5 Å². The Kier molecular flexibility index (Phi) is 6.22. The predicted octanol–water partition coefficient (Wildman–Crippen LogP) is 5.23. The highest BCUT2D eigenvalue weighted by Gasteiger charge is 2.01. The summed E-state index contributed by atoms with van der Waals surface area (Å²) in [6.07, 6.45) is 0. The average Bonchev–Trinajstić information content (AvgIpc) is 3.02. The molecule has 0 aliphatic heterocycles. The predicted molar refractivity (Wildman–Crippen MR) is 78.5 cm³/mol. The third-order valence-electron chi connectivity index (χ3n) is 2.38. The fraction of sp³-hybridized carbons (Fsp3) is 0.200. The van der Waals surface area contributed by atoms with Crippen molar-refractivity contribution >= 4 is 22.2 Å². The Morgan fingerprint density at radius 1 is 1.00 bits per heavy atom. The quantitative estimate of drug-likeness (QED) is 0.531. The van der Waals surface area contributed by atoms with Gasteiger partial charge in [-0.3, -0.25) is 0 Å². The molecule has 1 nitrogen and oxygen atoms in total. The Labute approximate surface area is 116 Å². The van der Waals surface area contributed by atoms with Crippen LogP contribution < -0.4 is 0 Å². The van der Waals surface area contributed by atoms with Gasteiger partial charge in [-0.2, -0.15) is 8.78 Å². The van der Waals surface area contributed by atoms with Gasteiger partial charge in [-0.25, -0.2) is 0 Å². The number of halogens is 2. The number of fused-ring (bicyclic) bond motifs is 1. The first-order chi connectivity index (χ1) is 9.18. The lowest BCUT2D eigenvalue weighted by Gasteiger charge is -1.93. The van der Waals surface area contributed by atoms with E-state index in [2.05, 4.69) is 0 Å². The minimum absolute atomic E-state index is 0.116. The number of hydrogen-bond donors (Lipinski definition) is 0. The summed E-state index contributed by atoms with van der Waals surface area (Å²) in [6.45, 7) is 4.00. The Bertz CT molecular complexity index is 600. The van der Waals surface area contributed by atoms with E-state index < -0.39 is 0 Å². The SMILES string of the molecule is CC.Cn1c(F)cc2ccccc21.Fc1cccs1. The molecule has 0 spiro atoms. The molecule has 0 bridgehead atoms. The van der Waals surface area contributed by atoms with Gasteiger partial charge in [0.1, 0.15) is 0 Å². The van der Waals surface area contributed by atoms with Crippen molar-refractivity contribution in [2.24, 2.45) is 7.05 Å². The molecule has 0 N–H and O–H groups in total. The van der Waals surface area contributed by atoms with Crippen LogP contribution in [0.25, 0.3) is 10.9 Å². The van der Waals surface area contributed by atoms with Crippen LogP contribution in [-0.2, 0) is 7.05 Å². The van der Waals surface area contributed by atoms with E-state index in [0.29, 0.717) is 0 Å². The van der Waals surface area contributed by atoms with E-state index in [4.69, 9.17) is 0 Å². The highest BCUT2D eigenvalue weighted by Crippen LogP contribution is 2.16. The Hall–Kier alpha value is -1.68. The van der Waals surface area contributed by atoms with Crippen molar-refractivity contribution in [1.82, 2.24) is 4.57 Å². The zero-order valence-electron chi connectivity index (χ0n) is 11.2. The van der Waals surface area contributed by atoms with Crippen molar-refractivity contribution in [3.05, 3.63) is 58.9 Å². The molecule has 0 radical (unpaired) electrons. The first-order valence-corrected chi connectivity index (χ1v) is 6.95. The number of thiophene rings is 1. The third-order valence-corrected chi connectivity index (χ3v) is 3.03. The van der Waals surface area contributed by atoms with E-state index in [0.717, 1.165) is 22.2 Å². The third kappa shape index (κ3) is 4.17. The van der Waals surface area contributed by atoms with Crippen molar-refractivity contribution in [1.29, 1.82) is 0 Å². The van der Waals surface area contributed by atoms with Crippen molar-refractivity contribution in [3.63, 3.8) is 0 Å². The standard InChI is InChI=1S/C9H8FN.C4H3FS.C2H6/c1-11-8-5-3-2-4-7(8)6-9(11)10;5-4-2-1-3-6-4;1-2/h2-6H,1H3;1-3H;1-2H3. The maximum absolute atomic E-state index is 12.9. The maximum Gasteiger partial charge on any atom is 0.194 e. The molecule has 3 aromatic rings. The molecule has 2 heterocycles. The summed E-state index contributed by atoms with van der Waals surface area (Å²) in [4.78, 5) is 0. The molecule has 0 atom stereocenters. The number of nitrogens with zero attached hydrogens (tertiary/aromatic N) is 1. The second-order valence-corrected chi connectivity index (χ2v) is 4.40. The molecule has 2 aromatic heterocycles. The van der Waals surface area contributed by atoms with Gasteiger partial charge in [-0.15, -0.1) is 11.3 Å². The van der Waals surface area contributed by atoms with Crippen LogP contribution in [0.2, 0.25) is 0 Å². The fourth-order valence-corrected chi connectivity index (χ4v) is 1.96. The van der Waals surface area contributed by atoms with Gasteiger partial charge in [0.25, 0.3) is 0 Å². The van der Waals surface area contributed by atoms with Gasteiger partial charge < -0.3 is 4.57 Å². The molecule has 102 valence electrons. The van der Waals surface area contributed by atoms with Crippen LogP contribution in [-0.4, -0.2) is 4.57 Å². The Morgan fingerprint density at radius 2 is 1.68 bits per heavy atom. The number of aromatic nitrogens is 1. The first-order valence-electron chi connectivity index (χ1n) is 6.07. The van der Waals surface area contributed by atoms with Crippen LogP contribution in [0.5, 0.6) is 0 Å². The highest BCUT2D eigenvalue weighted by atomic mass is 32.1. The van der Waals surface area contributed by atoms with E-state index in [1.54, 1.807) is 18.5 Å². The van der Waals surface area contributed by atoms with Gasteiger partial charge >= 0.3 is 0 Å². The van der Waals surface area contributed by atoms with Crippen LogP contribution in [0.4, 0.5) is 8.78 Å². The van der Waals surface area contributed by atoms with Gasteiger partial charge in [0.05, 0.1) is 5.52 Å². The molecule has 0 saturated heterocycles. The van der Waals surface area contributed by atoms with Crippen molar-refractivity contribution in [3.8, 4) is 0 Å². The summed E-state index contributed by atoms with van der Waals surface area (Å²) >= 11 is 1.11. The lowest BCUT2D eigenvalue weighted by molar-refractivity contribution is 0.542. The number of benzene rings is 1. The van der Waals surface area contributed by atoms with Crippen molar-refractivity contribution in [2.45, 2.75) is 13.8 Å². The van der Waals surface area contributed by atoms with Gasteiger partial charge in [0.15, 0.2) is 11.1 Å². The molecule has 0 amide bonds. The molecule has 19 heavy (non-hydrogen) atoms.